The highest BCUT2D eigenvalue weighted by Crippen LogP contribution is 2.28. The summed E-state index contributed by atoms with van der Waals surface area (Å²) >= 11 is 0. The van der Waals surface area contributed by atoms with E-state index in [9.17, 15) is 9.59 Å². The minimum Gasteiger partial charge on any atom is -0.295 e. The van der Waals surface area contributed by atoms with Gasteiger partial charge in [0.15, 0.2) is 11.6 Å². The van der Waals surface area contributed by atoms with Crippen LogP contribution in [0.4, 0.5) is 0 Å². The van der Waals surface area contributed by atoms with Crippen molar-refractivity contribution in [3.05, 3.63) is 23.3 Å². The van der Waals surface area contributed by atoms with E-state index in [1.165, 1.54) is 0 Å². The molecular weight excluding hydrogens is 212 g/mol. The first-order valence-corrected chi connectivity index (χ1v) is 6.29. The van der Waals surface area contributed by atoms with Crippen LogP contribution in [0.15, 0.2) is 23.3 Å². The van der Waals surface area contributed by atoms with Crippen molar-refractivity contribution in [2.75, 3.05) is 0 Å². The summed E-state index contributed by atoms with van der Waals surface area (Å²) < 4.78 is 0. The minimum absolute atomic E-state index is 0.0354. The fraction of sp³-hybridized carbons (Fsp3) is 0.600. The number of rotatable bonds is 4. The largest absolute Gasteiger partial charge is 0.295 e. The average molecular weight is 234 g/mol. The summed E-state index contributed by atoms with van der Waals surface area (Å²) in [5, 5.41) is 0. The maximum Gasteiger partial charge on any atom is 0.158 e. The van der Waals surface area contributed by atoms with E-state index in [-0.39, 0.29) is 23.4 Å². The van der Waals surface area contributed by atoms with Gasteiger partial charge in [0, 0.05) is 12.3 Å². The van der Waals surface area contributed by atoms with Crippen LogP contribution in [0.5, 0.6) is 0 Å². The van der Waals surface area contributed by atoms with Gasteiger partial charge >= 0.3 is 0 Å². The van der Waals surface area contributed by atoms with Gasteiger partial charge in [-0.15, -0.1) is 0 Å². The Morgan fingerprint density at radius 3 is 2.71 bits per heavy atom. The second-order valence-electron chi connectivity index (χ2n) is 5.41. The molecule has 1 rings (SSSR count). The summed E-state index contributed by atoms with van der Waals surface area (Å²) in [5.41, 5.74) is 2.18. The second-order valence-corrected chi connectivity index (χ2v) is 5.41. The lowest BCUT2D eigenvalue weighted by atomic mass is 9.79. The van der Waals surface area contributed by atoms with Crippen LogP contribution in [0.25, 0.3) is 0 Å². The Hall–Kier alpha value is -1.18. The zero-order chi connectivity index (χ0) is 13.0. The quantitative estimate of drug-likeness (QED) is 0.698. The van der Waals surface area contributed by atoms with Crippen LogP contribution < -0.4 is 0 Å². The molecule has 0 aliphatic heterocycles. The second kappa shape index (κ2) is 5.95. The van der Waals surface area contributed by atoms with Gasteiger partial charge in [0.05, 0.1) is 0 Å². The topological polar surface area (TPSA) is 34.1 Å². The molecule has 0 fully saturated rings. The number of hydrogen-bond acceptors (Lipinski definition) is 2. The van der Waals surface area contributed by atoms with Gasteiger partial charge in [0.1, 0.15) is 0 Å². The molecule has 0 radical (unpaired) electrons. The van der Waals surface area contributed by atoms with E-state index in [1.54, 1.807) is 12.2 Å². The molecule has 0 aromatic carbocycles. The molecule has 1 aliphatic rings. The third kappa shape index (κ3) is 4.29. The van der Waals surface area contributed by atoms with Crippen LogP contribution >= 0.6 is 0 Å². The first-order chi connectivity index (χ1) is 7.90. The van der Waals surface area contributed by atoms with Crippen molar-refractivity contribution in [2.24, 2.45) is 11.8 Å². The molecule has 0 spiro atoms. The standard InChI is InChI=1S/C15H22O2/c1-10(2)7-13(16)9-12(4)14-6-5-11(3)8-15(14)17/h7-8,12,14H,5-6,9H2,1-4H3/t12-,14+/m1/s1. The number of carbonyl (C=O) groups is 2. The van der Waals surface area contributed by atoms with Gasteiger partial charge in [-0.1, -0.05) is 18.1 Å². The number of carbonyl (C=O) groups excluding carboxylic acids is 2. The maximum atomic E-state index is 11.8. The summed E-state index contributed by atoms with van der Waals surface area (Å²) in [7, 11) is 0. The van der Waals surface area contributed by atoms with Gasteiger partial charge in [-0.2, -0.15) is 0 Å². The van der Waals surface area contributed by atoms with Gasteiger partial charge in [-0.05, 0) is 51.7 Å². The zero-order valence-corrected chi connectivity index (χ0v) is 11.2. The first-order valence-electron chi connectivity index (χ1n) is 6.29. The van der Waals surface area contributed by atoms with Crippen LogP contribution in [-0.2, 0) is 9.59 Å². The monoisotopic (exact) mass is 234 g/mol. The minimum atomic E-state index is 0.0354. The molecule has 0 saturated heterocycles. The Morgan fingerprint density at radius 2 is 2.18 bits per heavy atom. The third-order valence-electron chi connectivity index (χ3n) is 3.26. The van der Waals surface area contributed by atoms with E-state index in [4.69, 9.17) is 0 Å². The molecule has 2 heteroatoms. The summed E-state index contributed by atoms with van der Waals surface area (Å²) in [5.74, 6) is 0.519. The van der Waals surface area contributed by atoms with Crippen LogP contribution in [-0.4, -0.2) is 11.6 Å². The van der Waals surface area contributed by atoms with Gasteiger partial charge in [0.25, 0.3) is 0 Å². The molecule has 0 aromatic rings. The number of allylic oxidation sites excluding steroid dienone is 4. The van der Waals surface area contributed by atoms with E-state index in [0.29, 0.717) is 6.42 Å². The van der Waals surface area contributed by atoms with Crippen molar-refractivity contribution in [1.82, 2.24) is 0 Å². The van der Waals surface area contributed by atoms with Crippen molar-refractivity contribution in [2.45, 2.75) is 47.0 Å². The highest BCUT2D eigenvalue weighted by Gasteiger charge is 2.27. The van der Waals surface area contributed by atoms with Crippen molar-refractivity contribution in [3.8, 4) is 0 Å². The molecule has 0 heterocycles. The summed E-state index contributed by atoms with van der Waals surface area (Å²) in [6, 6.07) is 0. The van der Waals surface area contributed by atoms with E-state index in [2.05, 4.69) is 0 Å². The molecule has 2 nitrogen and oxygen atoms in total. The summed E-state index contributed by atoms with van der Waals surface area (Å²) in [6.45, 7) is 7.84. The zero-order valence-electron chi connectivity index (χ0n) is 11.2. The smallest absolute Gasteiger partial charge is 0.158 e. The highest BCUT2D eigenvalue weighted by atomic mass is 16.1. The number of ketones is 2. The van der Waals surface area contributed by atoms with Crippen LogP contribution in [0.1, 0.15) is 47.0 Å². The fourth-order valence-corrected chi connectivity index (χ4v) is 2.35. The number of hydrogen-bond donors (Lipinski definition) is 0. The van der Waals surface area contributed by atoms with Gasteiger partial charge in [0.2, 0.25) is 0 Å². The predicted octanol–water partition coefficient (Wildman–Crippen LogP) is 3.47. The summed E-state index contributed by atoms with van der Waals surface area (Å²) in [6.07, 6.45) is 5.78. The van der Waals surface area contributed by atoms with E-state index < -0.39 is 0 Å². The first kappa shape index (κ1) is 13.9. The Labute approximate surface area is 104 Å². The van der Waals surface area contributed by atoms with Crippen molar-refractivity contribution in [3.63, 3.8) is 0 Å². The van der Waals surface area contributed by atoms with E-state index in [1.807, 2.05) is 27.7 Å². The third-order valence-corrected chi connectivity index (χ3v) is 3.26. The lowest BCUT2D eigenvalue weighted by Gasteiger charge is -2.24. The Kier molecular flexibility index (Phi) is 4.86. The fourth-order valence-electron chi connectivity index (χ4n) is 2.35. The molecule has 0 bridgehead atoms. The van der Waals surface area contributed by atoms with Crippen LogP contribution in [0.3, 0.4) is 0 Å². The predicted molar refractivity (Wildman–Crippen MR) is 69.7 cm³/mol. The SMILES string of the molecule is CC(C)=CC(=O)C[C@@H](C)[C@@H]1CCC(C)=CC1=O. The lowest BCUT2D eigenvalue weighted by molar-refractivity contribution is -0.121. The molecule has 0 aromatic heterocycles. The van der Waals surface area contributed by atoms with Gasteiger partial charge in [-0.25, -0.2) is 0 Å². The Morgan fingerprint density at radius 1 is 1.53 bits per heavy atom. The lowest BCUT2D eigenvalue weighted by Crippen LogP contribution is -2.25. The Bertz CT molecular complexity index is 370. The van der Waals surface area contributed by atoms with Gasteiger partial charge in [-0.3, -0.25) is 9.59 Å². The molecular formula is C15H22O2. The highest BCUT2D eigenvalue weighted by molar-refractivity contribution is 5.95. The maximum absolute atomic E-state index is 11.8. The molecule has 0 unspecified atom stereocenters. The van der Waals surface area contributed by atoms with E-state index in [0.717, 1.165) is 24.0 Å². The normalized spacial score (nSPS) is 21.8. The van der Waals surface area contributed by atoms with E-state index >= 15 is 0 Å². The molecule has 2 atom stereocenters. The molecule has 17 heavy (non-hydrogen) atoms. The van der Waals surface area contributed by atoms with Crippen LogP contribution in [0.2, 0.25) is 0 Å². The average Bonchev–Trinajstić information content (AvgIpc) is 2.15. The molecule has 0 saturated carbocycles. The molecule has 0 amide bonds. The van der Waals surface area contributed by atoms with Crippen LogP contribution in [0, 0.1) is 11.8 Å². The van der Waals surface area contributed by atoms with Gasteiger partial charge < -0.3 is 0 Å². The van der Waals surface area contributed by atoms with Crippen molar-refractivity contribution < 1.29 is 9.59 Å². The van der Waals surface area contributed by atoms with Crippen molar-refractivity contribution >= 4 is 11.6 Å². The Balaban J connectivity index is 2.60. The molecule has 1 aliphatic carbocycles. The molecule has 94 valence electrons. The van der Waals surface area contributed by atoms with Crippen molar-refractivity contribution in [1.29, 1.82) is 0 Å². The summed E-state index contributed by atoms with van der Waals surface area (Å²) in [4.78, 5) is 23.5. The molecule has 0 N–H and O–H groups in total.